The summed E-state index contributed by atoms with van der Waals surface area (Å²) < 4.78 is 15.8. The summed E-state index contributed by atoms with van der Waals surface area (Å²) in [4.78, 5) is 2.37. The van der Waals surface area contributed by atoms with E-state index in [9.17, 15) is 0 Å². The van der Waals surface area contributed by atoms with Crippen LogP contribution in [0.15, 0.2) is 185 Å². The first-order valence-corrected chi connectivity index (χ1v) is 18.3. The molecular formula is C48H29NO2S. The number of thiophene rings is 1. The van der Waals surface area contributed by atoms with Crippen LogP contribution in [0.25, 0.3) is 86.3 Å². The maximum absolute atomic E-state index is 6.74. The van der Waals surface area contributed by atoms with Gasteiger partial charge in [-0.05, 0) is 71.3 Å². The van der Waals surface area contributed by atoms with Gasteiger partial charge < -0.3 is 13.7 Å². The molecule has 0 aliphatic rings. The summed E-state index contributed by atoms with van der Waals surface area (Å²) in [6.45, 7) is 0. The Kier molecular flexibility index (Phi) is 6.42. The van der Waals surface area contributed by atoms with Crippen LogP contribution in [-0.2, 0) is 0 Å². The Morgan fingerprint density at radius 3 is 1.85 bits per heavy atom. The van der Waals surface area contributed by atoms with E-state index in [-0.39, 0.29) is 0 Å². The summed E-state index contributed by atoms with van der Waals surface area (Å²) >= 11 is 1.86. The van der Waals surface area contributed by atoms with Crippen LogP contribution in [0.2, 0.25) is 0 Å². The van der Waals surface area contributed by atoms with Crippen LogP contribution in [0, 0.1) is 0 Å². The molecule has 8 aromatic carbocycles. The lowest BCUT2D eigenvalue weighted by molar-refractivity contribution is 0.669. The molecule has 0 fully saturated rings. The molecule has 11 rings (SSSR count). The van der Waals surface area contributed by atoms with Gasteiger partial charge in [-0.25, -0.2) is 0 Å². The Hall–Kier alpha value is -6.62. The highest BCUT2D eigenvalue weighted by Gasteiger charge is 2.24. The summed E-state index contributed by atoms with van der Waals surface area (Å²) in [7, 11) is 0. The predicted octanol–water partition coefficient (Wildman–Crippen LogP) is 14.7. The minimum atomic E-state index is 0.854. The summed E-state index contributed by atoms with van der Waals surface area (Å²) in [5.74, 6) is 0. The van der Waals surface area contributed by atoms with Gasteiger partial charge in [0, 0.05) is 59.3 Å². The van der Waals surface area contributed by atoms with Crippen molar-refractivity contribution in [2.24, 2.45) is 0 Å². The van der Waals surface area contributed by atoms with Crippen molar-refractivity contribution in [1.82, 2.24) is 0 Å². The quantitative estimate of drug-likeness (QED) is 0.181. The van der Waals surface area contributed by atoms with Crippen LogP contribution >= 0.6 is 11.3 Å². The highest BCUT2D eigenvalue weighted by Crippen LogP contribution is 2.48. The van der Waals surface area contributed by atoms with Crippen molar-refractivity contribution in [3.8, 4) is 22.3 Å². The zero-order valence-corrected chi connectivity index (χ0v) is 28.7. The van der Waals surface area contributed by atoms with Crippen molar-refractivity contribution >= 4 is 92.4 Å². The second-order valence-corrected chi connectivity index (χ2v) is 14.3. The molecule has 0 atom stereocenters. The normalized spacial score (nSPS) is 11.8. The van der Waals surface area contributed by atoms with Gasteiger partial charge in [0.15, 0.2) is 0 Å². The van der Waals surface area contributed by atoms with E-state index in [0.29, 0.717) is 0 Å². The smallest absolute Gasteiger partial charge is 0.145 e. The fourth-order valence-electron chi connectivity index (χ4n) is 7.89. The van der Waals surface area contributed by atoms with E-state index in [4.69, 9.17) is 8.83 Å². The molecule has 0 amide bonds. The van der Waals surface area contributed by atoms with Gasteiger partial charge in [-0.15, -0.1) is 11.3 Å². The fraction of sp³-hybridized carbons (Fsp3) is 0. The Balaban J connectivity index is 1.20. The van der Waals surface area contributed by atoms with Gasteiger partial charge in [-0.1, -0.05) is 115 Å². The van der Waals surface area contributed by atoms with E-state index in [1.807, 2.05) is 29.5 Å². The van der Waals surface area contributed by atoms with Gasteiger partial charge in [-0.2, -0.15) is 0 Å². The minimum Gasteiger partial charge on any atom is -0.456 e. The zero-order chi connectivity index (χ0) is 34.2. The van der Waals surface area contributed by atoms with Gasteiger partial charge in [0.1, 0.15) is 22.3 Å². The first-order valence-electron chi connectivity index (χ1n) is 17.5. The SMILES string of the molecule is c1ccc(-c2ccc(N(c3ccc4c(c3)oc3ccccc34)c3ccc4sc5c(-c6ccccc6)cccc5c4c3)c3c2oc2ccccc23)cc1. The van der Waals surface area contributed by atoms with Crippen LogP contribution in [0.4, 0.5) is 17.1 Å². The van der Waals surface area contributed by atoms with Crippen LogP contribution in [0.1, 0.15) is 0 Å². The number of anilines is 3. The maximum Gasteiger partial charge on any atom is 0.145 e. The molecule has 3 aromatic heterocycles. The van der Waals surface area contributed by atoms with E-state index >= 15 is 0 Å². The third kappa shape index (κ3) is 4.45. The van der Waals surface area contributed by atoms with Crippen LogP contribution in [0.3, 0.4) is 0 Å². The third-order valence-corrected chi connectivity index (χ3v) is 11.5. The van der Waals surface area contributed by atoms with Gasteiger partial charge in [0.2, 0.25) is 0 Å². The summed E-state index contributed by atoms with van der Waals surface area (Å²) in [5, 5.41) is 6.86. The summed E-state index contributed by atoms with van der Waals surface area (Å²) in [6, 6.07) is 62.4. The molecule has 244 valence electrons. The Morgan fingerprint density at radius 2 is 1.04 bits per heavy atom. The molecule has 4 heteroatoms. The van der Waals surface area contributed by atoms with Gasteiger partial charge in [0.05, 0.1) is 11.1 Å². The largest absolute Gasteiger partial charge is 0.456 e. The fourth-order valence-corrected chi connectivity index (χ4v) is 9.11. The molecule has 0 aliphatic heterocycles. The van der Waals surface area contributed by atoms with Gasteiger partial charge in [0.25, 0.3) is 0 Å². The molecule has 0 radical (unpaired) electrons. The van der Waals surface area contributed by atoms with E-state index in [1.165, 1.54) is 31.3 Å². The molecule has 0 unspecified atom stereocenters. The molecule has 3 nitrogen and oxygen atoms in total. The number of nitrogens with zero attached hydrogens (tertiary/aromatic N) is 1. The second-order valence-electron chi connectivity index (χ2n) is 13.2. The number of fused-ring (bicyclic) bond motifs is 9. The first-order chi connectivity index (χ1) is 25.8. The van der Waals surface area contributed by atoms with Crippen molar-refractivity contribution in [2.75, 3.05) is 4.90 Å². The Morgan fingerprint density at radius 1 is 0.404 bits per heavy atom. The van der Waals surface area contributed by atoms with E-state index in [2.05, 4.69) is 163 Å². The number of hydrogen-bond donors (Lipinski definition) is 0. The highest BCUT2D eigenvalue weighted by atomic mass is 32.1. The number of benzene rings is 8. The van der Waals surface area contributed by atoms with Crippen LogP contribution < -0.4 is 4.90 Å². The lowest BCUT2D eigenvalue weighted by atomic mass is 9.99. The average molecular weight is 684 g/mol. The van der Waals surface area contributed by atoms with Crippen molar-refractivity contribution in [1.29, 1.82) is 0 Å². The molecule has 0 aliphatic carbocycles. The van der Waals surface area contributed by atoms with Gasteiger partial charge >= 0.3 is 0 Å². The van der Waals surface area contributed by atoms with E-state index < -0.39 is 0 Å². The molecule has 0 bridgehead atoms. The highest BCUT2D eigenvalue weighted by molar-refractivity contribution is 7.26. The summed E-state index contributed by atoms with van der Waals surface area (Å²) in [6.07, 6.45) is 0. The standard InChI is InChI=1S/C48H29NO2S/c1-3-12-30(13-4-1)34-25-26-41(46-39-17-8-10-21-43(39)51-47(34)46)49(33-22-24-37-36-16-7-9-20-42(36)50-44(37)29-33)32-23-27-45-40(28-32)38-19-11-18-35(48(38)52-45)31-14-5-2-6-15-31/h1-29H. The molecule has 0 saturated heterocycles. The van der Waals surface area contributed by atoms with Crippen LogP contribution in [-0.4, -0.2) is 0 Å². The monoisotopic (exact) mass is 683 g/mol. The van der Waals surface area contributed by atoms with Crippen molar-refractivity contribution in [3.05, 3.63) is 176 Å². The Bertz CT molecular complexity index is 3130. The number of rotatable bonds is 5. The van der Waals surface area contributed by atoms with E-state index in [1.54, 1.807) is 0 Å². The lowest BCUT2D eigenvalue weighted by Crippen LogP contribution is -2.10. The van der Waals surface area contributed by atoms with Crippen LogP contribution in [0.5, 0.6) is 0 Å². The molecule has 11 aromatic rings. The Labute approximate surface area is 303 Å². The van der Waals surface area contributed by atoms with Crippen molar-refractivity contribution < 1.29 is 8.83 Å². The maximum atomic E-state index is 6.74. The molecular weight excluding hydrogens is 655 g/mol. The van der Waals surface area contributed by atoms with E-state index in [0.717, 1.165) is 72.1 Å². The molecule has 0 N–H and O–H groups in total. The number of para-hydroxylation sites is 2. The minimum absolute atomic E-state index is 0.854. The van der Waals surface area contributed by atoms with Gasteiger partial charge in [-0.3, -0.25) is 0 Å². The molecule has 0 spiro atoms. The molecule has 0 saturated carbocycles. The first kappa shape index (κ1) is 29.1. The third-order valence-electron chi connectivity index (χ3n) is 10.3. The zero-order valence-electron chi connectivity index (χ0n) is 27.9. The average Bonchev–Trinajstić information content (AvgIpc) is 3.90. The van der Waals surface area contributed by atoms with Crippen molar-refractivity contribution in [3.63, 3.8) is 0 Å². The lowest BCUT2D eigenvalue weighted by Gasteiger charge is -2.27. The number of hydrogen-bond acceptors (Lipinski definition) is 4. The topological polar surface area (TPSA) is 29.5 Å². The molecule has 3 heterocycles. The predicted molar refractivity (Wildman–Crippen MR) is 219 cm³/mol. The second kappa shape index (κ2) is 11.5. The van der Waals surface area contributed by atoms with Crippen molar-refractivity contribution in [2.45, 2.75) is 0 Å². The molecule has 52 heavy (non-hydrogen) atoms. The number of furan rings is 2. The summed E-state index contributed by atoms with van der Waals surface area (Å²) in [5.41, 5.74) is 11.3.